The van der Waals surface area contributed by atoms with Crippen LogP contribution in [0.15, 0.2) is 47.4 Å². The third-order valence-corrected chi connectivity index (χ3v) is 3.61. The third kappa shape index (κ3) is 4.91. The Hall–Kier alpha value is -2.64. The van der Waals surface area contributed by atoms with E-state index < -0.39 is 35.6 Å². The fourth-order valence-corrected chi connectivity index (χ4v) is 2.30. The second-order valence-corrected chi connectivity index (χ2v) is 5.42. The molecule has 134 valence electrons. The molecule has 1 aromatic heterocycles. The maximum absolute atomic E-state index is 13.2. The van der Waals surface area contributed by atoms with E-state index in [0.717, 1.165) is 10.6 Å². The Morgan fingerprint density at radius 1 is 1.20 bits per heavy atom. The predicted octanol–water partition coefficient (Wildman–Crippen LogP) is 3.05. The normalized spacial score (nSPS) is 11.4. The van der Waals surface area contributed by atoms with Crippen LogP contribution in [0, 0.1) is 5.82 Å². The van der Waals surface area contributed by atoms with Crippen LogP contribution in [0.3, 0.4) is 0 Å². The van der Waals surface area contributed by atoms with E-state index in [9.17, 15) is 27.2 Å². The van der Waals surface area contributed by atoms with Crippen molar-refractivity contribution in [3.8, 4) is 0 Å². The van der Waals surface area contributed by atoms with Crippen molar-refractivity contribution in [3.63, 3.8) is 0 Å². The minimum atomic E-state index is -4.61. The molecule has 0 unspecified atom stereocenters. The van der Waals surface area contributed by atoms with E-state index in [2.05, 4.69) is 0 Å². The number of likely N-dealkylation sites (N-methyl/N-ethyl adjacent to an activating group) is 1. The first-order chi connectivity index (χ1) is 11.7. The van der Waals surface area contributed by atoms with Crippen LogP contribution in [0.2, 0.25) is 0 Å². The lowest BCUT2D eigenvalue weighted by atomic mass is 10.2. The van der Waals surface area contributed by atoms with Crippen molar-refractivity contribution >= 4 is 5.91 Å². The fraction of sp³-hybridized carbons (Fsp3) is 0.294. The highest BCUT2D eigenvalue weighted by molar-refractivity contribution is 5.76. The van der Waals surface area contributed by atoms with E-state index in [4.69, 9.17) is 0 Å². The summed E-state index contributed by atoms with van der Waals surface area (Å²) in [4.78, 5) is 25.4. The number of alkyl halides is 3. The number of rotatable bonds is 5. The molecule has 1 amide bonds. The molecule has 1 heterocycles. The number of halogens is 4. The zero-order valence-electron chi connectivity index (χ0n) is 13.4. The number of pyridine rings is 1. The molecule has 25 heavy (non-hydrogen) atoms. The number of amides is 1. The van der Waals surface area contributed by atoms with Crippen LogP contribution >= 0.6 is 0 Å². The minimum Gasteiger partial charge on any atom is -0.337 e. The fourth-order valence-electron chi connectivity index (χ4n) is 2.30. The Labute approximate surface area is 141 Å². The molecule has 0 saturated carbocycles. The molecular weight excluding hydrogens is 340 g/mol. The largest absolute Gasteiger partial charge is 0.417 e. The van der Waals surface area contributed by atoms with Gasteiger partial charge in [0.1, 0.15) is 12.4 Å². The lowest BCUT2D eigenvalue weighted by molar-refractivity contribution is -0.138. The predicted molar refractivity (Wildman–Crippen MR) is 83.2 cm³/mol. The first kappa shape index (κ1) is 18.7. The van der Waals surface area contributed by atoms with Crippen LogP contribution in [0.5, 0.6) is 0 Å². The van der Waals surface area contributed by atoms with E-state index in [1.165, 1.54) is 23.1 Å². The standard InChI is InChI=1S/C17H16F4N2O2/c1-2-22(9-12-4-3-5-14(18)8-12)16(25)11-23-10-13(17(19,20)21)6-7-15(23)24/h3-8,10H,2,9,11H2,1H3. The number of nitrogens with zero attached hydrogens (tertiary/aromatic N) is 2. The van der Waals surface area contributed by atoms with Gasteiger partial charge in [-0.25, -0.2) is 4.39 Å². The van der Waals surface area contributed by atoms with Crippen LogP contribution in [0.4, 0.5) is 17.6 Å². The summed E-state index contributed by atoms with van der Waals surface area (Å²) in [7, 11) is 0. The molecule has 1 aromatic carbocycles. The van der Waals surface area contributed by atoms with Crippen LogP contribution in [0.1, 0.15) is 18.1 Å². The molecule has 8 heteroatoms. The molecule has 2 aromatic rings. The topological polar surface area (TPSA) is 42.3 Å². The highest BCUT2D eigenvalue weighted by Gasteiger charge is 2.31. The van der Waals surface area contributed by atoms with Gasteiger partial charge in [-0.3, -0.25) is 9.59 Å². The molecule has 4 nitrogen and oxygen atoms in total. The van der Waals surface area contributed by atoms with Gasteiger partial charge in [-0.2, -0.15) is 13.2 Å². The average molecular weight is 356 g/mol. The number of carbonyl (C=O) groups excluding carboxylic acids is 1. The Morgan fingerprint density at radius 2 is 1.92 bits per heavy atom. The number of aromatic nitrogens is 1. The Kier molecular flexibility index (Phi) is 5.61. The van der Waals surface area contributed by atoms with Crippen molar-refractivity contribution in [2.75, 3.05) is 6.54 Å². The number of carbonyl (C=O) groups is 1. The van der Waals surface area contributed by atoms with Crippen molar-refractivity contribution in [2.45, 2.75) is 26.2 Å². The number of hydrogen-bond donors (Lipinski definition) is 0. The van der Waals surface area contributed by atoms with Gasteiger partial charge < -0.3 is 9.47 Å². The van der Waals surface area contributed by atoms with E-state index in [1.807, 2.05) is 0 Å². The van der Waals surface area contributed by atoms with E-state index >= 15 is 0 Å². The summed E-state index contributed by atoms with van der Waals surface area (Å²) in [5.74, 6) is -0.983. The summed E-state index contributed by atoms with van der Waals surface area (Å²) in [6, 6.07) is 7.12. The summed E-state index contributed by atoms with van der Waals surface area (Å²) in [6.45, 7) is 1.53. The van der Waals surface area contributed by atoms with Crippen molar-refractivity contribution < 1.29 is 22.4 Å². The van der Waals surface area contributed by atoms with Gasteiger partial charge in [0.25, 0.3) is 5.56 Å². The zero-order chi connectivity index (χ0) is 18.6. The molecule has 0 fully saturated rings. The number of benzene rings is 1. The molecule has 0 N–H and O–H groups in total. The average Bonchev–Trinajstić information content (AvgIpc) is 2.53. The Morgan fingerprint density at radius 3 is 2.52 bits per heavy atom. The quantitative estimate of drug-likeness (QED) is 0.773. The molecule has 0 bridgehead atoms. The Balaban J connectivity index is 2.18. The maximum atomic E-state index is 13.2. The third-order valence-electron chi connectivity index (χ3n) is 3.61. The summed E-state index contributed by atoms with van der Waals surface area (Å²) in [6.07, 6.45) is -3.99. The lowest BCUT2D eigenvalue weighted by Crippen LogP contribution is -2.36. The first-order valence-corrected chi connectivity index (χ1v) is 7.50. The van der Waals surface area contributed by atoms with Crippen LogP contribution in [0.25, 0.3) is 0 Å². The smallest absolute Gasteiger partial charge is 0.337 e. The Bertz CT molecular complexity index is 815. The van der Waals surface area contributed by atoms with E-state index in [1.54, 1.807) is 13.0 Å². The maximum Gasteiger partial charge on any atom is 0.417 e. The summed E-state index contributed by atoms with van der Waals surface area (Å²) in [5.41, 5.74) is -1.16. The minimum absolute atomic E-state index is 0.0980. The first-order valence-electron chi connectivity index (χ1n) is 7.50. The van der Waals surface area contributed by atoms with Crippen molar-refractivity contribution in [3.05, 3.63) is 69.9 Å². The molecule has 0 aliphatic carbocycles. The molecule has 0 spiro atoms. The summed E-state index contributed by atoms with van der Waals surface area (Å²) >= 11 is 0. The second kappa shape index (κ2) is 7.50. The molecule has 0 aliphatic rings. The molecule has 0 radical (unpaired) electrons. The highest BCUT2D eigenvalue weighted by atomic mass is 19.4. The lowest BCUT2D eigenvalue weighted by Gasteiger charge is -2.22. The van der Waals surface area contributed by atoms with Crippen LogP contribution in [-0.4, -0.2) is 21.9 Å². The molecular formula is C17H16F4N2O2. The van der Waals surface area contributed by atoms with Gasteiger partial charge in [-0.15, -0.1) is 0 Å². The number of hydrogen-bond acceptors (Lipinski definition) is 2. The van der Waals surface area contributed by atoms with Gasteiger partial charge in [0.05, 0.1) is 5.56 Å². The molecule has 0 aliphatic heterocycles. The summed E-state index contributed by atoms with van der Waals surface area (Å²) < 4.78 is 52.2. The SMILES string of the molecule is CCN(Cc1cccc(F)c1)C(=O)Cn1cc(C(F)(F)F)ccc1=O. The van der Waals surface area contributed by atoms with Gasteiger partial charge in [-0.05, 0) is 30.7 Å². The van der Waals surface area contributed by atoms with Crippen molar-refractivity contribution in [1.29, 1.82) is 0 Å². The van der Waals surface area contributed by atoms with Gasteiger partial charge in [-0.1, -0.05) is 12.1 Å². The summed E-state index contributed by atoms with van der Waals surface area (Å²) in [5, 5.41) is 0. The molecule has 2 rings (SSSR count). The van der Waals surface area contributed by atoms with Gasteiger partial charge in [0.2, 0.25) is 5.91 Å². The van der Waals surface area contributed by atoms with Gasteiger partial charge in [0.15, 0.2) is 0 Å². The monoisotopic (exact) mass is 356 g/mol. The van der Waals surface area contributed by atoms with Crippen LogP contribution in [-0.2, 0) is 24.1 Å². The molecule has 0 saturated heterocycles. The van der Waals surface area contributed by atoms with Gasteiger partial charge >= 0.3 is 6.18 Å². The van der Waals surface area contributed by atoms with Crippen molar-refractivity contribution in [1.82, 2.24) is 9.47 Å². The molecule has 0 atom stereocenters. The van der Waals surface area contributed by atoms with Crippen LogP contribution < -0.4 is 5.56 Å². The van der Waals surface area contributed by atoms with E-state index in [-0.39, 0.29) is 13.1 Å². The zero-order valence-corrected chi connectivity index (χ0v) is 13.4. The second-order valence-electron chi connectivity index (χ2n) is 5.42. The van der Waals surface area contributed by atoms with Gasteiger partial charge in [0, 0.05) is 25.4 Å². The highest BCUT2D eigenvalue weighted by Crippen LogP contribution is 2.28. The van der Waals surface area contributed by atoms with E-state index in [0.29, 0.717) is 17.8 Å². The van der Waals surface area contributed by atoms with Crippen molar-refractivity contribution in [2.24, 2.45) is 0 Å².